The first-order chi connectivity index (χ1) is 15.1. The molecular formula is C23H21Cl2F2NO4. The second-order valence-corrected chi connectivity index (χ2v) is 8.24. The Hall–Kier alpha value is -2.64. The fourth-order valence-electron chi connectivity index (χ4n) is 3.62. The summed E-state index contributed by atoms with van der Waals surface area (Å²) in [7, 11) is 0. The van der Waals surface area contributed by atoms with Gasteiger partial charge in [0.1, 0.15) is 0 Å². The average molecular weight is 484 g/mol. The molecule has 0 spiro atoms. The number of carbonyl (C=O) groups excluding carboxylic acids is 2. The van der Waals surface area contributed by atoms with Crippen LogP contribution < -0.4 is 0 Å². The van der Waals surface area contributed by atoms with Crippen molar-refractivity contribution < 1.29 is 28.2 Å². The highest BCUT2D eigenvalue weighted by Crippen LogP contribution is 2.39. The molecule has 0 aliphatic rings. The second kappa shape index (κ2) is 9.46. The second-order valence-electron chi connectivity index (χ2n) is 7.43. The Labute approximate surface area is 193 Å². The zero-order valence-corrected chi connectivity index (χ0v) is 19.2. The van der Waals surface area contributed by atoms with Crippen molar-refractivity contribution in [2.75, 3.05) is 6.61 Å². The van der Waals surface area contributed by atoms with Crippen LogP contribution in [0.3, 0.4) is 0 Å². The van der Waals surface area contributed by atoms with Crippen LogP contribution >= 0.6 is 23.2 Å². The van der Waals surface area contributed by atoms with E-state index >= 15 is 4.39 Å². The number of esters is 1. The molecule has 32 heavy (non-hydrogen) atoms. The van der Waals surface area contributed by atoms with Crippen molar-refractivity contribution in [1.82, 2.24) is 4.57 Å². The summed E-state index contributed by atoms with van der Waals surface area (Å²) in [6.07, 6.45) is 1.48. The molecule has 170 valence electrons. The number of phenolic OH excluding ortho intramolecular Hbond substituents is 1. The maximum Gasteiger partial charge on any atom is 0.313 e. The Kier molecular flexibility index (Phi) is 7.10. The molecule has 1 N–H and O–H groups in total. The largest absolute Gasteiger partial charge is 0.503 e. The van der Waals surface area contributed by atoms with Gasteiger partial charge in [0.25, 0.3) is 5.91 Å². The van der Waals surface area contributed by atoms with Gasteiger partial charge in [-0.15, -0.1) is 0 Å². The SMILES string of the molecule is CCCCOC(=O)[C@H](C)c1c(C)n(C(=O)c2ccc(Cl)c(Cl)c2)c2cc(F)c(O)c(F)c12. The lowest BCUT2D eigenvalue weighted by Crippen LogP contribution is -2.17. The van der Waals surface area contributed by atoms with Crippen LogP contribution in [-0.2, 0) is 9.53 Å². The number of fused-ring (bicyclic) bond motifs is 1. The van der Waals surface area contributed by atoms with Gasteiger partial charge in [-0.1, -0.05) is 36.5 Å². The number of aromatic hydroxyl groups is 1. The minimum atomic E-state index is -1.26. The third-order valence-corrected chi connectivity index (χ3v) is 6.05. The molecule has 1 atom stereocenters. The number of aromatic nitrogens is 1. The summed E-state index contributed by atoms with van der Waals surface area (Å²) in [6, 6.07) is 5.05. The Bertz CT molecular complexity index is 1220. The van der Waals surface area contributed by atoms with E-state index in [-0.39, 0.29) is 44.4 Å². The van der Waals surface area contributed by atoms with Gasteiger partial charge in [-0.2, -0.15) is 0 Å². The van der Waals surface area contributed by atoms with Crippen LogP contribution in [0.2, 0.25) is 10.0 Å². The first kappa shape index (κ1) is 24.0. The standard InChI is InChI=1S/C23H21Cl2F2NO4/c1-4-5-8-32-23(31)11(2)18-12(3)28(17-10-16(26)21(29)20(27)19(17)18)22(30)13-6-7-14(24)15(25)9-13/h6-7,9-11,29H,4-5,8H2,1-3H3/t11-/m1/s1. The van der Waals surface area contributed by atoms with Gasteiger partial charge in [-0.3, -0.25) is 14.2 Å². The smallest absolute Gasteiger partial charge is 0.313 e. The summed E-state index contributed by atoms with van der Waals surface area (Å²) in [6.45, 7) is 5.15. The molecule has 0 aliphatic heterocycles. The number of halogens is 4. The molecular weight excluding hydrogens is 463 g/mol. The normalized spacial score (nSPS) is 12.2. The van der Waals surface area contributed by atoms with E-state index in [1.54, 1.807) is 0 Å². The summed E-state index contributed by atoms with van der Waals surface area (Å²) in [5.74, 6) is -5.91. The van der Waals surface area contributed by atoms with Gasteiger partial charge in [0.05, 0.1) is 28.1 Å². The van der Waals surface area contributed by atoms with Crippen molar-refractivity contribution in [2.45, 2.75) is 39.5 Å². The third kappa shape index (κ3) is 4.19. The van der Waals surface area contributed by atoms with E-state index < -0.39 is 35.2 Å². The number of ether oxygens (including phenoxy) is 1. The molecule has 9 heteroatoms. The molecule has 1 heterocycles. The molecule has 3 aromatic rings. The van der Waals surface area contributed by atoms with E-state index in [4.69, 9.17) is 27.9 Å². The van der Waals surface area contributed by atoms with Crippen molar-refractivity contribution in [3.63, 3.8) is 0 Å². The lowest BCUT2D eigenvalue weighted by molar-refractivity contribution is -0.145. The van der Waals surface area contributed by atoms with Gasteiger partial charge in [-0.05, 0) is 44.0 Å². The van der Waals surface area contributed by atoms with Crippen molar-refractivity contribution >= 4 is 46.0 Å². The summed E-state index contributed by atoms with van der Waals surface area (Å²) in [5, 5.41) is 10.00. The highest BCUT2D eigenvalue weighted by Gasteiger charge is 2.31. The zero-order chi connectivity index (χ0) is 23.7. The van der Waals surface area contributed by atoms with Crippen LogP contribution in [0.1, 0.15) is 54.2 Å². The molecule has 0 saturated carbocycles. The predicted molar refractivity (Wildman–Crippen MR) is 119 cm³/mol. The van der Waals surface area contributed by atoms with Gasteiger partial charge in [-0.25, -0.2) is 8.78 Å². The van der Waals surface area contributed by atoms with E-state index in [1.165, 1.54) is 32.0 Å². The van der Waals surface area contributed by atoms with Crippen LogP contribution in [0.5, 0.6) is 5.75 Å². The highest BCUT2D eigenvalue weighted by molar-refractivity contribution is 6.42. The van der Waals surface area contributed by atoms with E-state index in [0.717, 1.165) is 17.1 Å². The quantitative estimate of drug-likeness (QED) is 0.326. The zero-order valence-electron chi connectivity index (χ0n) is 17.6. The number of hydrogen-bond donors (Lipinski definition) is 1. The maximum absolute atomic E-state index is 15.0. The first-order valence-corrected chi connectivity index (χ1v) is 10.7. The minimum Gasteiger partial charge on any atom is -0.503 e. The van der Waals surface area contributed by atoms with E-state index in [2.05, 4.69) is 0 Å². The maximum atomic E-state index is 15.0. The molecule has 0 amide bonds. The fourth-order valence-corrected chi connectivity index (χ4v) is 3.92. The summed E-state index contributed by atoms with van der Waals surface area (Å²) in [5.41, 5.74) is 0.329. The number of phenols is 1. The number of carbonyl (C=O) groups is 2. The molecule has 0 saturated heterocycles. The average Bonchev–Trinajstić information content (AvgIpc) is 3.04. The lowest BCUT2D eigenvalue weighted by atomic mass is 9.97. The Morgan fingerprint density at radius 1 is 1.19 bits per heavy atom. The van der Waals surface area contributed by atoms with Crippen molar-refractivity contribution in [1.29, 1.82) is 0 Å². The number of nitrogens with zero attached hydrogens (tertiary/aromatic N) is 1. The molecule has 0 unspecified atom stereocenters. The monoisotopic (exact) mass is 483 g/mol. The Morgan fingerprint density at radius 2 is 1.88 bits per heavy atom. The fraction of sp³-hybridized carbons (Fsp3) is 0.304. The van der Waals surface area contributed by atoms with E-state index in [0.29, 0.717) is 6.42 Å². The van der Waals surface area contributed by atoms with E-state index in [1.807, 2.05) is 6.92 Å². The summed E-state index contributed by atoms with van der Waals surface area (Å²) < 4.78 is 35.6. The first-order valence-electron chi connectivity index (χ1n) is 9.98. The molecule has 1 aromatic heterocycles. The number of unbranched alkanes of at least 4 members (excludes halogenated alkanes) is 1. The molecule has 5 nitrogen and oxygen atoms in total. The molecule has 2 aromatic carbocycles. The van der Waals surface area contributed by atoms with Crippen LogP contribution in [0.15, 0.2) is 24.3 Å². The van der Waals surface area contributed by atoms with Gasteiger partial charge in [0, 0.05) is 22.7 Å². The lowest BCUT2D eigenvalue weighted by Gasteiger charge is -2.13. The number of hydrogen-bond acceptors (Lipinski definition) is 4. The van der Waals surface area contributed by atoms with Crippen molar-refractivity contribution in [3.05, 3.63) is 62.8 Å². The minimum absolute atomic E-state index is 0.123. The number of rotatable bonds is 6. The van der Waals surface area contributed by atoms with Crippen molar-refractivity contribution in [3.8, 4) is 5.75 Å². The summed E-state index contributed by atoms with van der Waals surface area (Å²) >= 11 is 11.9. The third-order valence-electron chi connectivity index (χ3n) is 5.31. The Morgan fingerprint density at radius 3 is 2.50 bits per heavy atom. The molecule has 0 bridgehead atoms. The van der Waals surface area contributed by atoms with Crippen LogP contribution in [0, 0.1) is 18.6 Å². The van der Waals surface area contributed by atoms with Gasteiger partial charge >= 0.3 is 5.97 Å². The van der Waals surface area contributed by atoms with Crippen LogP contribution in [0.4, 0.5) is 8.78 Å². The van der Waals surface area contributed by atoms with Gasteiger partial charge in [0.15, 0.2) is 17.4 Å². The molecule has 0 fully saturated rings. The topological polar surface area (TPSA) is 68.5 Å². The molecule has 3 rings (SSSR count). The van der Waals surface area contributed by atoms with Crippen molar-refractivity contribution in [2.24, 2.45) is 0 Å². The molecule has 0 aliphatic carbocycles. The molecule has 0 radical (unpaired) electrons. The highest BCUT2D eigenvalue weighted by atomic mass is 35.5. The van der Waals surface area contributed by atoms with Crippen LogP contribution in [-0.4, -0.2) is 28.2 Å². The Balaban J connectivity index is 2.24. The number of benzene rings is 2. The van der Waals surface area contributed by atoms with E-state index in [9.17, 15) is 19.1 Å². The van der Waals surface area contributed by atoms with Gasteiger partial charge < -0.3 is 9.84 Å². The summed E-state index contributed by atoms with van der Waals surface area (Å²) in [4.78, 5) is 25.9. The predicted octanol–water partition coefficient (Wildman–Crippen LogP) is 6.38. The van der Waals surface area contributed by atoms with Gasteiger partial charge in [0.2, 0.25) is 0 Å². The van der Waals surface area contributed by atoms with Crippen LogP contribution in [0.25, 0.3) is 10.9 Å².